The molecule has 0 aliphatic heterocycles. The minimum absolute atomic E-state index is 0.00370. The van der Waals surface area contributed by atoms with Gasteiger partial charge in [0, 0.05) is 36.6 Å². The van der Waals surface area contributed by atoms with Crippen LogP contribution in [-0.4, -0.2) is 30.0 Å². The number of anilines is 2. The van der Waals surface area contributed by atoms with Crippen molar-refractivity contribution in [2.24, 2.45) is 0 Å². The number of rotatable bonds is 5. The van der Waals surface area contributed by atoms with Crippen LogP contribution in [0.4, 0.5) is 24.7 Å². The van der Waals surface area contributed by atoms with Gasteiger partial charge in [0.1, 0.15) is 5.82 Å². The molecule has 6 nitrogen and oxygen atoms in total. The summed E-state index contributed by atoms with van der Waals surface area (Å²) in [6.45, 7) is 0. The quantitative estimate of drug-likeness (QED) is 0.680. The fraction of sp³-hybridized carbons (Fsp3) is 0.381. The highest BCUT2D eigenvalue weighted by molar-refractivity contribution is 5.95. The minimum atomic E-state index is -4.58. The zero-order valence-corrected chi connectivity index (χ0v) is 16.4. The summed E-state index contributed by atoms with van der Waals surface area (Å²) in [5.74, 6) is 0.434. The molecule has 3 rings (SSSR count). The van der Waals surface area contributed by atoms with Crippen LogP contribution in [0.1, 0.15) is 47.2 Å². The number of carbonyl (C=O) groups is 1. The number of aromatic nitrogens is 1. The Kier molecular flexibility index (Phi) is 6.45. The lowest BCUT2D eigenvalue weighted by molar-refractivity contribution is -0.137. The van der Waals surface area contributed by atoms with Gasteiger partial charge in [-0.3, -0.25) is 4.79 Å². The van der Waals surface area contributed by atoms with E-state index in [0.29, 0.717) is 29.9 Å². The van der Waals surface area contributed by atoms with E-state index in [9.17, 15) is 18.0 Å². The van der Waals surface area contributed by atoms with Crippen molar-refractivity contribution in [1.82, 2.24) is 10.3 Å². The first kappa shape index (κ1) is 21.4. The number of amides is 1. The molecule has 3 N–H and O–H groups in total. The zero-order chi connectivity index (χ0) is 21.7. The first-order chi connectivity index (χ1) is 14.3. The molecular weight excluding hydrogens is 395 g/mol. The normalized spacial score (nSPS) is 18.9. The van der Waals surface area contributed by atoms with Crippen molar-refractivity contribution >= 4 is 17.4 Å². The molecule has 0 spiro atoms. The molecule has 2 aromatic rings. The van der Waals surface area contributed by atoms with Gasteiger partial charge in [0.25, 0.3) is 5.91 Å². The summed E-state index contributed by atoms with van der Waals surface area (Å²) in [5.41, 5.74) is -0.469. The zero-order valence-electron chi connectivity index (χ0n) is 16.4. The maximum absolute atomic E-state index is 13.1. The van der Waals surface area contributed by atoms with Gasteiger partial charge in [0.2, 0.25) is 0 Å². The van der Waals surface area contributed by atoms with E-state index in [1.54, 1.807) is 31.4 Å². The van der Waals surface area contributed by atoms with Gasteiger partial charge in [0.05, 0.1) is 17.2 Å². The molecule has 9 heteroatoms. The fourth-order valence-corrected chi connectivity index (χ4v) is 3.56. The van der Waals surface area contributed by atoms with E-state index in [1.165, 1.54) is 12.1 Å². The van der Waals surface area contributed by atoms with Gasteiger partial charge in [-0.25, -0.2) is 4.98 Å². The molecule has 0 unspecified atom stereocenters. The van der Waals surface area contributed by atoms with Crippen molar-refractivity contribution in [2.45, 2.75) is 43.9 Å². The van der Waals surface area contributed by atoms with Crippen LogP contribution in [0.5, 0.6) is 0 Å². The van der Waals surface area contributed by atoms with Crippen molar-refractivity contribution in [2.75, 3.05) is 17.7 Å². The Morgan fingerprint density at radius 2 is 1.83 bits per heavy atom. The van der Waals surface area contributed by atoms with Crippen molar-refractivity contribution in [1.29, 1.82) is 5.26 Å². The van der Waals surface area contributed by atoms with E-state index in [0.717, 1.165) is 18.9 Å². The molecule has 1 fully saturated rings. The molecule has 0 radical (unpaired) electrons. The summed E-state index contributed by atoms with van der Waals surface area (Å²) >= 11 is 0. The maximum Gasteiger partial charge on any atom is 0.417 e. The van der Waals surface area contributed by atoms with Crippen molar-refractivity contribution in [3.05, 3.63) is 53.2 Å². The van der Waals surface area contributed by atoms with Crippen LogP contribution < -0.4 is 16.0 Å². The molecule has 158 valence electrons. The lowest BCUT2D eigenvalue weighted by atomic mass is 9.90. The monoisotopic (exact) mass is 417 g/mol. The number of hydrogen-bond donors (Lipinski definition) is 3. The second-order valence-electron chi connectivity index (χ2n) is 7.22. The summed E-state index contributed by atoms with van der Waals surface area (Å²) in [6.07, 6.45) is -0.153. The van der Waals surface area contributed by atoms with Crippen LogP contribution in [0.15, 0.2) is 36.5 Å². The smallest absolute Gasteiger partial charge is 0.382 e. The van der Waals surface area contributed by atoms with Gasteiger partial charge >= 0.3 is 6.18 Å². The Bertz CT molecular complexity index is 946. The van der Waals surface area contributed by atoms with E-state index in [-0.39, 0.29) is 18.0 Å². The van der Waals surface area contributed by atoms with E-state index in [1.807, 2.05) is 0 Å². The Balaban J connectivity index is 1.56. The van der Waals surface area contributed by atoms with E-state index < -0.39 is 17.3 Å². The predicted molar refractivity (Wildman–Crippen MR) is 107 cm³/mol. The maximum atomic E-state index is 13.1. The Morgan fingerprint density at radius 1 is 1.13 bits per heavy atom. The van der Waals surface area contributed by atoms with Gasteiger partial charge in [-0.15, -0.1) is 0 Å². The second-order valence-corrected chi connectivity index (χ2v) is 7.22. The number of halogens is 3. The Morgan fingerprint density at radius 3 is 2.47 bits per heavy atom. The number of nitriles is 1. The van der Waals surface area contributed by atoms with Crippen molar-refractivity contribution < 1.29 is 18.0 Å². The number of hydrogen-bond acceptors (Lipinski definition) is 5. The van der Waals surface area contributed by atoms with E-state index in [2.05, 4.69) is 20.9 Å². The first-order valence-corrected chi connectivity index (χ1v) is 9.62. The summed E-state index contributed by atoms with van der Waals surface area (Å²) < 4.78 is 39.4. The first-order valence-electron chi connectivity index (χ1n) is 9.62. The van der Waals surface area contributed by atoms with Crippen molar-refractivity contribution in [3.63, 3.8) is 0 Å². The molecule has 30 heavy (non-hydrogen) atoms. The van der Waals surface area contributed by atoms with Gasteiger partial charge in [-0.2, -0.15) is 18.4 Å². The molecule has 0 bridgehead atoms. The Labute approximate surface area is 172 Å². The number of pyridine rings is 1. The number of nitrogens with one attached hydrogen (secondary N) is 3. The number of carbonyl (C=O) groups excluding carboxylic acids is 1. The van der Waals surface area contributed by atoms with Crippen LogP contribution in [0.3, 0.4) is 0 Å². The van der Waals surface area contributed by atoms with Crippen LogP contribution in [-0.2, 0) is 6.18 Å². The highest BCUT2D eigenvalue weighted by Crippen LogP contribution is 2.34. The standard InChI is InChI=1S/C21H22F3N5O/c1-26-19-10-13(8-9-27-19)20(30)29-16-6-4-15(5-7-16)28-17-3-2-14(12-25)18(11-17)21(22,23)24/h2-3,8-11,15-16,28H,4-7H2,1H3,(H,26,27)(H,29,30)/t15-,16+. The fourth-order valence-electron chi connectivity index (χ4n) is 3.56. The van der Waals surface area contributed by atoms with Crippen LogP contribution >= 0.6 is 0 Å². The largest absolute Gasteiger partial charge is 0.417 e. The average molecular weight is 417 g/mol. The number of nitrogens with zero attached hydrogens (tertiary/aromatic N) is 2. The molecule has 1 aliphatic rings. The van der Waals surface area contributed by atoms with Gasteiger partial charge in [0.15, 0.2) is 0 Å². The Hall–Kier alpha value is -3.28. The van der Waals surface area contributed by atoms with Gasteiger partial charge < -0.3 is 16.0 Å². The van der Waals surface area contributed by atoms with Crippen LogP contribution in [0, 0.1) is 11.3 Å². The molecular formula is C21H22F3N5O. The van der Waals surface area contributed by atoms with Crippen LogP contribution in [0.25, 0.3) is 0 Å². The third kappa shape index (κ3) is 5.20. The SMILES string of the molecule is CNc1cc(C(=O)N[C@H]2CC[C@@H](Nc3ccc(C#N)c(C(F)(F)F)c3)CC2)ccn1. The van der Waals surface area contributed by atoms with Crippen molar-refractivity contribution in [3.8, 4) is 6.07 Å². The van der Waals surface area contributed by atoms with Gasteiger partial charge in [-0.1, -0.05) is 0 Å². The van der Waals surface area contributed by atoms with Crippen LogP contribution in [0.2, 0.25) is 0 Å². The second kappa shape index (κ2) is 9.03. The summed E-state index contributed by atoms with van der Waals surface area (Å²) in [6, 6.07) is 8.57. The molecule has 1 aromatic carbocycles. The van der Waals surface area contributed by atoms with E-state index >= 15 is 0 Å². The molecule has 0 saturated heterocycles. The van der Waals surface area contributed by atoms with Gasteiger partial charge in [-0.05, 0) is 56.0 Å². The summed E-state index contributed by atoms with van der Waals surface area (Å²) in [7, 11) is 1.73. The third-order valence-corrected chi connectivity index (χ3v) is 5.16. The average Bonchev–Trinajstić information content (AvgIpc) is 2.74. The molecule has 1 aromatic heterocycles. The lowest BCUT2D eigenvalue weighted by Gasteiger charge is -2.30. The predicted octanol–water partition coefficient (Wildman–Crippen LogP) is 4.17. The highest BCUT2D eigenvalue weighted by atomic mass is 19.4. The minimum Gasteiger partial charge on any atom is -0.382 e. The molecule has 1 aliphatic carbocycles. The lowest BCUT2D eigenvalue weighted by Crippen LogP contribution is -2.40. The molecule has 1 saturated carbocycles. The highest BCUT2D eigenvalue weighted by Gasteiger charge is 2.34. The molecule has 1 amide bonds. The topological polar surface area (TPSA) is 89.8 Å². The summed E-state index contributed by atoms with van der Waals surface area (Å²) in [4.78, 5) is 16.5. The molecule has 0 atom stereocenters. The number of benzene rings is 1. The molecule has 1 heterocycles. The summed E-state index contributed by atoms with van der Waals surface area (Å²) in [5, 5.41) is 17.9. The number of alkyl halides is 3. The third-order valence-electron chi connectivity index (χ3n) is 5.16. The van der Waals surface area contributed by atoms with E-state index in [4.69, 9.17) is 5.26 Å².